The summed E-state index contributed by atoms with van der Waals surface area (Å²) in [6, 6.07) is 11.3. The first kappa shape index (κ1) is 17.9. The summed E-state index contributed by atoms with van der Waals surface area (Å²) in [6.07, 6.45) is 0. The Bertz CT molecular complexity index is 985. The van der Waals surface area contributed by atoms with E-state index in [1.54, 1.807) is 0 Å². The van der Waals surface area contributed by atoms with Crippen molar-refractivity contribution in [2.45, 2.75) is 13.2 Å². The van der Waals surface area contributed by atoms with Gasteiger partial charge in [0, 0.05) is 11.1 Å². The minimum Gasteiger partial charge on any atom is -0.467 e. The average molecular weight is 414 g/mol. The zero-order valence-electron chi connectivity index (χ0n) is 15.1. The molecule has 0 saturated heterocycles. The van der Waals surface area contributed by atoms with Gasteiger partial charge in [-0.2, -0.15) is 15.0 Å². The molecule has 10 heteroatoms. The van der Waals surface area contributed by atoms with Crippen molar-refractivity contribution >= 4 is 34.9 Å². The van der Waals surface area contributed by atoms with E-state index in [2.05, 4.69) is 25.6 Å². The van der Waals surface area contributed by atoms with Gasteiger partial charge >= 0.3 is 0 Å². The molecule has 0 amide bonds. The lowest BCUT2D eigenvalue weighted by Crippen LogP contribution is -2.14. The third-order valence-corrected chi connectivity index (χ3v) is 4.62. The van der Waals surface area contributed by atoms with Gasteiger partial charge in [0.2, 0.25) is 17.2 Å². The lowest BCUT2D eigenvalue weighted by Gasteiger charge is -2.21. The van der Waals surface area contributed by atoms with Crippen molar-refractivity contribution in [1.82, 2.24) is 15.0 Å². The maximum Gasteiger partial charge on any atom is 0.233 e. The predicted octanol–water partition coefficient (Wildman–Crippen LogP) is 3.75. The van der Waals surface area contributed by atoms with Gasteiger partial charge < -0.3 is 29.6 Å². The quantitative estimate of drug-likeness (QED) is 0.662. The van der Waals surface area contributed by atoms with Gasteiger partial charge in [-0.25, -0.2) is 0 Å². The molecule has 2 aliphatic heterocycles. The number of halogens is 1. The Morgan fingerprint density at radius 2 is 1.24 bits per heavy atom. The highest BCUT2D eigenvalue weighted by Crippen LogP contribution is 2.33. The highest BCUT2D eigenvalue weighted by Gasteiger charge is 2.18. The lowest BCUT2D eigenvalue weighted by atomic mass is 10.1. The molecular weight excluding hydrogens is 398 g/mol. The molecular formula is C19H16ClN5O4. The van der Waals surface area contributed by atoms with Crippen LogP contribution < -0.4 is 20.1 Å². The topological polar surface area (TPSA) is 99.7 Å². The summed E-state index contributed by atoms with van der Waals surface area (Å²) in [6.45, 7) is 1.32. The average Bonchev–Trinajstić information content (AvgIpc) is 2.74. The van der Waals surface area contributed by atoms with Crippen LogP contribution in [0.3, 0.4) is 0 Å². The van der Waals surface area contributed by atoms with Crippen LogP contribution in [-0.2, 0) is 22.7 Å². The third-order valence-electron chi connectivity index (χ3n) is 4.46. The number of fused-ring (bicyclic) bond motifs is 2. The van der Waals surface area contributed by atoms with Crippen LogP contribution in [0.2, 0.25) is 5.28 Å². The lowest BCUT2D eigenvalue weighted by molar-refractivity contribution is -0.0161. The first-order valence-corrected chi connectivity index (χ1v) is 9.24. The van der Waals surface area contributed by atoms with Crippen LogP contribution in [0.1, 0.15) is 11.1 Å². The highest BCUT2D eigenvalue weighted by atomic mass is 35.5. The zero-order valence-corrected chi connectivity index (χ0v) is 15.9. The van der Waals surface area contributed by atoms with Crippen LogP contribution in [-0.4, -0.2) is 28.5 Å². The van der Waals surface area contributed by atoms with Gasteiger partial charge in [0.1, 0.15) is 11.5 Å². The maximum atomic E-state index is 6.13. The standard InChI is InChI=1S/C19H16ClN5O4/c20-17-23-18(21-13-3-1-5-15-11(13)7-26-9-28-15)25-19(24-17)22-14-4-2-6-16-12(14)8-27-10-29-16/h1-6H,7-10H2,(H2,21,22,23,24,25). The second-order valence-electron chi connectivity index (χ2n) is 6.29. The van der Waals surface area contributed by atoms with Crippen LogP contribution in [0.15, 0.2) is 36.4 Å². The monoisotopic (exact) mass is 413 g/mol. The third kappa shape index (κ3) is 3.75. The summed E-state index contributed by atoms with van der Waals surface area (Å²) in [4.78, 5) is 12.8. The molecule has 1 aromatic heterocycles. The molecule has 0 unspecified atom stereocenters. The van der Waals surface area contributed by atoms with E-state index in [0.29, 0.717) is 25.1 Å². The van der Waals surface area contributed by atoms with Crippen LogP contribution in [0, 0.1) is 0 Å². The van der Waals surface area contributed by atoms with Crippen molar-refractivity contribution < 1.29 is 18.9 Å². The van der Waals surface area contributed by atoms with Gasteiger partial charge in [-0.15, -0.1) is 0 Å². The van der Waals surface area contributed by atoms with E-state index < -0.39 is 0 Å². The Kier molecular flexibility index (Phi) is 4.76. The van der Waals surface area contributed by atoms with Gasteiger partial charge in [-0.1, -0.05) is 12.1 Å². The number of rotatable bonds is 4. The predicted molar refractivity (Wildman–Crippen MR) is 105 cm³/mol. The summed E-state index contributed by atoms with van der Waals surface area (Å²) in [5.41, 5.74) is 3.32. The molecule has 0 atom stereocenters. The molecule has 5 rings (SSSR count). The van der Waals surface area contributed by atoms with Crippen molar-refractivity contribution in [2.75, 3.05) is 24.2 Å². The summed E-state index contributed by atoms with van der Waals surface area (Å²) < 4.78 is 21.8. The fourth-order valence-electron chi connectivity index (χ4n) is 3.13. The molecule has 2 aliphatic rings. The van der Waals surface area contributed by atoms with Crippen molar-refractivity contribution in [3.05, 3.63) is 52.8 Å². The molecule has 0 aliphatic carbocycles. The van der Waals surface area contributed by atoms with Crippen LogP contribution in [0.4, 0.5) is 23.3 Å². The zero-order chi connectivity index (χ0) is 19.6. The molecule has 29 heavy (non-hydrogen) atoms. The van der Waals surface area contributed by atoms with E-state index in [0.717, 1.165) is 34.0 Å². The van der Waals surface area contributed by atoms with E-state index >= 15 is 0 Å². The smallest absolute Gasteiger partial charge is 0.233 e. The molecule has 3 heterocycles. The van der Waals surface area contributed by atoms with Crippen LogP contribution in [0.25, 0.3) is 0 Å². The van der Waals surface area contributed by atoms with Gasteiger partial charge in [0.05, 0.1) is 24.6 Å². The summed E-state index contributed by atoms with van der Waals surface area (Å²) in [5.74, 6) is 2.11. The summed E-state index contributed by atoms with van der Waals surface area (Å²) >= 11 is 6.13. The molecule has 148 valence electrons. The largest absolute Gasteiger partial charge is 0.467 e. The fourth-order valence-corrected chi connectivity index (χ4v) is 3.29. The minimum atomic E-state index is 0.0552. The highest BCUT2D eigenvalue weighted by molar-refractivity contribution is 6.28. The Morgan fingerprint density at radius 1 is 0.724 bits per heavy atom. The van der Waals surface area contributed by atoms with Gasteiger partial charge in [0.25, 0.3) is 0 Å². The Labute approximate surface area is 171 Å². The Hall–Kier alpha value is -3.14. The Balaban J connectivity index is 1.43. The molecule has 0 spiro atoms. The van der Waals surface area contributed by atoms with E-state index in [4.69, 9.17) is 30.5 Å². The molecule has 0 fully saturated rings. The normalized spacial score (nSPS) is 14.8. The minimum absolute atomic E-state index is 0.0552. The molecule has 0 radical (unpaired) electrons. The molecule has 0 bridgehead atoms. The van der Waals surface area contributed by atoms with Crippen molar-refractivity contribution in [3.8, 4) is 11.5 Å². The number of hydrogen-bond acceptors (Lipinski definition) is 9. The first-order chi connectivity index (χ1) is 14.3. The molecule has 3 aromatic rings. The van der Waals surface area contributed by atoms with Crippen LogP contribution in [0.5, 0.6) is 11.5 Å². The fraction of sp³-hybridized carbons (Fsp3) is 0.211. The summed E-state index contributed by atoms with van der Waals surface area (Å²) in [5, 5.41) is 6.39. The molecule has 9 nitrogen and oxygen atoms in total. The van der Waals surface area contributed by atoms with E-state index in [1.807, 2.05) is 36.4 Å². The number of aromatic nitrogens is 3. The van der Waals surface area contributed by atoms with Gasteiger partial charge in [-0.3, -0.25) is 0 Å². The second-order valence-corrected chi connectivity index (χ2v) is 6.63. The molecule has 2 aromatic carbocycles. The number of nitrogens with one attached hydrogen (secondary N) is 2. The maximum absolute atomic E-state index is 6.13. The summed E-state index contributed by atoms with van der Waals surface area (Å²) in [7, 11) is 0. The van der Waals surface area contributed by atoms with E-state index in [1.165, 1.54) is 0 Å². The number of benzene rings is 2. The molecule has 0 saturated carbocycles. The Morgan fingerprint density at radius 3 is 1.76 bits per heavy atom. The van der Waals surface area contributed by atoms with E-state index in [9.17, 15) is 0 Å². The number of nitrogens with zero attached hydrogens (tertiary/aromatic N) is 3. The van der Waals surface area contributed by atoms with Crippen molar-refractivity contribution in [2.24, 2.45) is 0 Å². The van der Waals surface area contributed by atoms with Gasteiger partial charge in [-0.05, 0) is 35.9 Å². The first-order valence-electron chi connectivity index (χ1n) is 8.87. The van der Waals surface area contributed by atoms with Crippen molar-refractivity contribution in [3.63, 3.8) is 0 Å². The molecule has 2 N–H and O–H groups in total. The van der Waals surface area contributed by atoms with Crippen LogP contribution >= 0.6 is 11.6 Å². The number of hydrogen-bond donors (Lipinski definition) is 2. The van der Waals surface area contributed by atoms with E-state index in [-0.39, 0.29) is 18.9 Å². The van der Waals surface area contributed by atoms with Crippen molar-refractivity contribution in [1.29, 1.82) is 0 Å². The van der Waals surface area contributed by atoms with Gasteiger partial charge in [0.15, 0.2) is 13.6 Å². The number of anilines is 4. The number of ether oxygens (including phenoxy) is 4. The SMILES string of the molecule is Clc1nc(Nc2cccc3c2COCO3)nc(Nc2cccc3c2COCO3)n1. The second kappa shape index (κ2) is 7.70.